The topological polar surface area (TPSA) is 58.2 Å². The van der Waals surface area contributed by atoms with E-state index in [-0.39, 0.29) is 17.8 Å². The normalized spacial score (nSPS) is 29.4. The number of hydrogen-bond acceptors (Lipinski definition) is 3. The van der Waals surface area contributed by atoms with Crippen molar-refractivity contribution in [1.82, 2.24) is 10.0 Å². The van der Waals surface area contributed by atoms with Crippen molar-refractivity contribution in [3.63, 3.8) is 0 Å². The van der Waals surface area contributed by atoms with Gasteiger partial charge in [-0.25, -0.2) is 13.1 Å². The Labute approximate surface area is 79.1 Å². The summed E-state index contributed by atoms with van der Waals surface area (Å²) in [5.74, 6) is 0.253. The molecule has 0 amide bonds. The van der Waals surface area contributed by atoms with Gasteiger partial charge in [0.25, 0.3) is 0 Å². The quantitative estimate of drug-likeness (QED) is 0.668. The molecule has 1 saturated carbocycles. The molecule has 5 heteroatoms. The van der Waals surface area contributed by atoms with Gasteiger partial charge >= 0.3 is 0 Å². The van der Waals surface area contributed by atoms with Gasteiger partial charge in [-0.2, -0.15) is 0 Å². The van der Waals surface area contributed by atoms with Crippen LogP contribution in [0.15, 0.2) is 0 Å². The van der Waals surface area contributed by atoms with E-state index in [0.29, 0.717) is 0 Å². The van der Waals surface area contributed by atoms with E-state index < -0.39 is 10.0 Å². The highest BCUT2D eigenvalue weighted by atomic mass is 32.2. The summed E-state index contributed by atoms with van der Waals surface area (Å²) in [6.45, 7) is 0.962. The molecule has 0 radical (unpaired) electrons. The molecule has 0 aromatic heterocycles. The first kappa shape index (κ1) is 9.43. The predicted molar refractivity (Wildman–Crippen MR) is 51.0 cm³/mol. The Balaban J connectivity index is 1.83. The van der Waals surface area contributed by atoms with Crippen LogP contribution in [-0.2, 0) is 10.0 Å². The molecule has 13 heavy (non-hydrogen) atoms. The van der Waals surface area contributed by atoms with Crippen molar-refractivity contribution in [2.75, 3.05) is 12.3 Å². The standard InChI is InChI=1S/C8H16N2O2S/c11-13(12,10-7-3-4-7)6-8-2-1-5-9-8/h7-10H,1-6H2/t8-/m0/s1. The van der Waals surface area contributed by atoms with Crippen molar-refractivity contribution in [1.29, 1.82) is 0 Å². The van der Waals surface area contributed by atoms with E-state index in [1.807, 2.05) is 0 Å². The van der Waals surface area contributed by atoms with Gasteiger partial charge in [0.2, 0.25) is 10.0 Å². The van der Waals surface area contributed by atoms with Crippen LogP contribution in [-0.4, -0.2) is 32.8 Å². The van der Waals surface area contributed by atoms with Crippen LogP contribution in [0.4, 0.5) is 0 Å². The Morgan fingerprint density at radius 2 is 2.08 bits per heavy atom. The van der Waals surface area contributed by atoms with Gasteiger partial charge in [0.05, 0.1) is 5.75 Å². The fraction of sp³-hybridized carbons (Fsp3) is 1.00. The fourth-order valence-electron chi connectivity index (χ4n) is 1.67. The maximum atomic E-state index is 11.5. The van der Waals surface area contributed by atoms with Gasteiger partial charge < -0.3 is 5.32 Å². The van der Waals surface area contributed by atoms with Gasteiger partial charge in [0, 0.05) is 12.1 Å². The number of hydrogen-bond donors (Lipinski definition) is 2. The number of sulfonamides is 1. The largest absolute Gasteiger partial charge is 0.313 e. The fourth-order valence-corrected chi connectivity index (χ4v) is 3.32. The molecular formula is C8H16N2O2S. The average Bonchev–Trinajstić information content (AvgIpc) is 2.64. The molecule has 1 saturated heterocycles. The van der Waals surface area contributed by atoms with Crippen LogP contribution in [0.1, 0.15) is 25.7 Å². The zero-order chi connectivity index (χ0) is 9.31. The molecular weight excluding hydrogens is 188 g/mol. The Morgan fingerprint density at radius 1 is 1.31 bits per heavy atom. The van der Waals surface area contributed by atoms with E-state index in [2.05, 4.69) is 10.0 Å². The smallest absolute Gasteiger partial charge is 0.213 e. The maximum Gasteiger partial charge on any atom is 0.213 e. The van der Waals surface area contributed by atoms with Crippen LogP contribution in [0.3, 0.4) is 0 Å². The molecule has 2 rings (SSSR count). The van der Waals surface area contributed by atoms with Gasteiger partial charge in [-0.05, 0) is 32.2 Å². The van der Waals surface area contributed by atoms with Crippen LogP contribution >= 0.6 is 0 Å². The molecule has 1 aliphatic heterocycles. The zero-order valence-corrected chi connectivity index (χ0v) is 8.44. The highest BCUT2D eigenvalue weighted by molar-refractivity contribution is 7.89. The minimum Gasteiger partial charge on any atom is -0.313 e. The summed E-state index contributed by atoms with van der Waals surface area (Å²) in [4.78, 5) is 0. The summed E-state index contributed by atoms with van der Waals surface area (Å²) in [5.41, 5.74) is 0. The van der Waals surface area contributed by atoms with Crippen molar-refractivity contribution < 1.29 is 8.42 Å². The Kier molecular flexibility index (Phi) is 2.58. The van der Waals surface area contributed by atoms with Crippen LogP contribution in [0.2, 0.25) is 0 Å². The molecule has 1 atom stereocenters. The first-order valence-electron chi connectivity index (χ1n) is 4.89. The molecule has 4 nitrogen and oxygen atoms in total. The van der Waals surface area contributed by atoms with Crippen molar-refractivity contribution in [3.05, 3.63) is 0 Å². The Bertz CT molecular complexity index is 266. The van der Waals surface area contributed by atoms with Crippen LogP contribution < -0.4 is 10.0 Å². The lowest BCUT2D eigenvalue weighted by molar-refractivity contribution is 0.563. The molecule has 2 aliphatic rings. The second kappa shape index (κ2) is 3.55. The Hall–Kier alpha value is -0.130. The molecule has 1 aliphatic carbocycles. The van der Waals surface area contributed by atoms with E-state index in [0.717, 1.165) is 32.2 Å². The maximum absolute atomic E-state index is 11.5. The van der Waals surface area contributed by atoms with E-state index >= 15 is 0 Å². The van der Waals surface area contributed by atoms with E-state index in [1.54, 1.807) is 0 Å². The lowest BCUT2D eigenvalue weighted by Crippen LogP contribution is -2.37. The second-order valence-corrected chi connectivity index (χ2v) is 5.77. The summed E-state index contributed by atoms with van der Waals surface area (Å²) < 4.78 is 25.7. The van der Waals surface area contributed by atoms with E-state index in [1.165, 1.54) is 0 Å². The third kappa shape index (κ3) is 2.93. The van der Waals surface area contributed by atoms with Crippen molar-refractivity contribution in [2.45, 2.75) is 37.8 Å². The molecule has 0 spiro atoms. The highest BCUT2D eigenvalue weighted by Crippen LogP contribution is 2.20. The van der Waals surface area contributed by atoms with Crippen LogP contribution in [0.5, 0.6) is 0 Å². The molecule has 76 valence electrons. The van der Waals surface area contributed by atoms with Crippen LogP contribution in [0.25, 0.3) is 0 Å². The van der Waals surface area contributed by atoms with Crippen molar-refractivity contribution in [2.24, 2.45) is 0 Å². The summed E-state index contributed by atoms with van der Waals surface area (Å²) >= 11 is 0. The SMILES string of the molecule is O=S(=O)(C[C@@H]1CCCN1)NC1CC1. The lowest BCUT2D eigenvalue weighted by Gasteiger charge is -2.10. The minimum atomic E-state index is -3.01. The van der Waals surface area contributed by atoms with Gasteiger partial charge in [-0.3, -0.25) is 0 Å². The zero-order valence-electron chi connectivity index (χ0n) is 7.62. The van der Waals surface area contributed by atoms with Crippen molar-refractivity contribution >= 4 is 10.0 Å². The molecule has 0 aromatic carbocycles. The molecule has 0 unspecified atom stereocenters. The summed E-state index contributed by atoms with van der Waals surface area (Å²) in [6, 6.07) is 0.419. The van der Waals surface area contributed by atoms with Gasteiger partial charge in [0.1, 0.15) is 0 Å². The van der Waals surface area contributed by atoms with Gasteiger partial charge in [0.15, 0.2) is 0 Å². The first-order valence-corrected chi connectivity index (χ1v) is 6.54. The Morgan fingerprint density at radius 3 is 2.62 bits per heavy atom. The average molecular weight is 204 g/mol. The summed E-state index contributed by atoms with van der Waals surface area (Å²) in [5, 5.41) is 3.19. The van der Waals surface area contributed by atoms with Crippen LogP contribution in [0, 0.1) is 0 Å². The highest BCUT2D eigenvalue weighted by Gasteiger charge is 2.29. The monoisotopic (exact) mass is 204 g/mol. The van der Waals surface area contributed by atoms with Gasteiger partial charge in [-0.1, -0.05) is 0 Å². The summed E-state index contributed by atoms with van der Waals surface area (Å²) in [6.07, 6.45) is 4.11. The molecule has 2 N–H and O–H groups in total. The molecule has 0 bridgehead atoms. The second-order valence-electron chi connectivity index (χ2n) is 3.97. The van der Waals surface area contributed by atoms with Gasteiger partial charge in [-0.15, -0.1) is 0 Å². The lowest BCUT2D eigenvalue weighted by atomic mass is 10.3. The molecule has 1 heterocycles. The molecule has 0 aromatic rings. The number of nitrogens with one attached hydrogen (secondary N) is 2. The predicted octanol–water partition coefficient (Wildman–Crippen LogP) is -0.180. The summed E-state index contributed by atoms with van der Waals surface area (Å²) in [7, 11) is -3.01. The van der Waals surface area contributed by atoms with E-state index in [9.17, 15) is 8.42 Å². The minimum absolute atomic E-state index is 0.177. The third-order valence-electron chi connectivity index (χ3n) is 2.51. The number of rotatable bonds is 4. The van der Waals surface area contributed by atoms with Crippen molar-refractivity contribution in [3.8, 4) is 0 Å². The van der Waals surface area contributed by atoms with E-state index in [4.69, 9.17) is 0 Å². The third-order valence-corrected chi connectivity index (χ3v) is 4.04. The molecule has 2 fully saturated rings. The first-order chi connectivity index (χ1) is 6.16.